The lowest BCUT2D eigenvalue weighted by atomic mass is 10.2. The maximum absolute atomic E-state index is 9.96. The van der Waals surface area contributed by atoms with E-state index in [1.165, 1.54) is 0 Å². The van der Waals surface area contributed by atoms with Crippen molar-refractivity contribution in [3.8, 4) is 0 Å². The van der Waals surface area contributed by atoms with E-state index in [9.17, 15) is 9.59 Å². The molecule has 0 bridgehead atoms. The highest BCUT2D eigenvalue weighted by atomic mass is 16.4. The van der Waals surface area contributed by atoms with Crippen molar-refractivity contribution in [3.05, 3.63) is 0 Å². The molecule has 0 saturated carbocycles. The first-order valence-electron chi connectivity index (χ1n) is 4.85. The summed E-state index contributed by atoms with van der Waals surface area (Å²) >= 11 is 0. The fraction of sp³-hybridized carbons (Fsp3) is 0.778. The second-order valence-corrected chi connectivity index (χ2v) is 3.02. The average molecular weight is 220 g/mol. The van der Waals surface area contributed by atoms with E-state index in [1.54, 1.807) is 0 Å². The van der Waals surface area contributed by atoms with E-state index in [2.05, 4.69) is 0 Å². The number of nitrogens with two attached hydrogens (primary N) is 2. The Balaban J connectivity index is 0. The zero-order valence-electron chi connectivity index (χ0n) is 8.98. The van der Waals surface area contributed by atoms with E-state index in [0.717, 1.165) is 6.42 Å². The molecule has 0 aliphatic rings. The summed E-state index contributed by atoms with van der Waals surface area (Å²) in [6.07, 6.45) is 2.16. The highest BCUT2D eigenvalue weighted by Gasteiger charge is 2.07. The maximum atomic E-state index is 9.96. The SMILES string of the molecule is CCC[C@H](N)C(=O)O.NCCCC(=O)O. The smallest absolute Gasteiger partial charge is 0.320 e. The Hall–Kier alpha value is -1.14. The van der Waals surface area contributed by atoms with Gasteiger partial charge in [-0.25, -0.2) is 0 Å². The van der Waals surface area contributed by atoms with Gasteiger partial charge in [-0.15, -0.1) is 0 Å². The van der Waals surface area contributed by atoms with Gasteiger partial charge in [-0.1, -0.05) is 13.3 Å². The number of hydrogen-bond donors (Lipinski definition) is 4. The molecule has 90 valence electrons. The zero-order valence-corrected chi connectivity index (χ0v) is 8.98. The van der Waals surface area contributed by atoms with E-state index in [1.807, 2.05) is 6.92 Å². The van der Waals surface area contributed by atoms with Gasteiger partial charge in [0.2, 0.25) is 0 Å². The van der Waals surface area contributed by atoms with E-state index >= 15 is 0 Å². The van der Waals surface area contributed by atoms with Crippen molar-refractivity contribution in [1.82, 2.24) is 0 Å². The minimum Gasteiger partial charge on any atom is -0.481 e. The Labute approximate surface area is 89.3 Å². The van der Waals surface area contributed by atoms with Gasteiger partial charge < -0.3 is 21.7 Å². The molecule has 0 aromatic carbocycles. The van der Waals surface area contributed by atoms with Crippen molar-refractivity contribution in [3.63, 3.8) is 0 Å². The van der Waals surface area contributed by atoms with Crippen LogP contribution in [0.3, 0.4) is 0 Å². The number of rotatable bonds is 6. The van der Waals surface area contributed by atoms with Gasteiger partial charge in [-0.3, -0.25) is 9.59 Å². The monoisotopic (exact) mass is 220 g/mol. The summed E-state index contributed by atoms with van der Waals surface area (Å²) in [6, 6.07) is -0.667. The van der Waals surface area contributed by atoms with Crippen LogP contribution in [0, 0.1) is 0 Å². The first kappa shape index (κ1) is 16.3. The molecule has 0 radical (unpaired) electrons. The van der Waals surface area contributed by atoms with Gasteiger partial charge in [0.25, 0.3) is 0 Å². The molecule has 0 rings (SSSR count). The Bertz CT molecular complexity index is 185. The van der Waals surface area contributed by atoms with Crippen LogP contribution in [0.2, 0.25) is 0 Å². The first-order chi connectivity index (χ1) is 6.95. The predicted octanol–water partition coefficient (Wildman–Crippen LogP) is 0.00830. The molecule has 0 aromatic heterocycles. The highest BCUT2D eigenvalue weighted by Crippen LogP contribution is 1.91. The third kappa shape index (κ3) is 15.6. The first-order valence-corrected chi connectivity index (χ1v) is 4.85. The van der Waals surface area contributed by atoms with Crippen molar-refractivity contribution in [2.45, 2.75) is 38.6 Å². The standard InChI is InChI=1S/C5H11NO2.C4H9NO2/c1-2-3-4(6)5(7)8;5-3-1-2-4(6)7/h4H,2-3,6H2,1H3,(H,7,8);1-3,5H2,(H,6,7)/t4-;/m0./s1. The molecule has 0 unspecified atom stereocenters. The fourth-order valence-electron chi connectivity index (χ4n) is 0.688. The van der Waals surface area contributed by atoms with Gasteiger partial charge in [0, 0.05) is 6.42 Å². The molecule has 15 heavy (non-hydrogen) atoms. The van der Waals surface area contributed by atoms with Crippen LogP contribution in [0.25, 0.3) is 0 Å². The Morgan fingerprint density at radius 1 is 1.33 bits per heavy atom. The minimum absolute atomic E-state index is 0.191. The van der Waals surface area contributed by atoms with Crippen molar-refractivity contribution < 1.29 is 19.8 Å². The van der Waals surface area contributed by atoms with Crippen molar-refractivity contribution in [2.75, 3.05) is 6.54 Å². The van der Waals surface area contributed by atoms with E-state index < -0.39 is 18.0 Å². The third-order valence-corrected chi connectivity index (χ3v) is 1.51. The maximum Gasteiger partial charge on any atom is 0.320 e. The van der Waals surface area contributed by atoms with E-state index in [0.29, 0.717) is 19.4 Å². The Morgan fingerprint density at radius 2 is 1.87 bits per heavy atom. The molecule has 6 nitrogen and oxygen atoms in total. The van der Waals surface area contributed by atoms with Crippen molar-refractivity contribution in [2.24, 2.45) is 11.5 Å². The molecule has 1 atom stereocenters. The largest absolute Gasteiger partial charge is 0.481 e. The average Bonchev–Trinajstić information content (AvgIpc) is 2.16. The molecular weight excluding hydrogens is 200 g/mol. The summed E-state index contributed by atoms with van der Waals surface area (Å²) in [6.45, 7) is 2.37. The number of aliphatic carboxylic acids is 2. The predicted molar refractivity (Wildman–Crippen MR) is 56.4 cm³/mol. The van der Waals surface area contributed by atoms with Gasteiger partial charge in [0.15, 0.2) is 0 Å². The van der Waals surface area contributed by atoms with Crippen LogP contribution in [0.5, 0.6) is 0 Å². The highest BCUT2D eigenvalue weighted by molar-refractivity contribution is 5.72. The van der Waals surface area contributed by atoms with Crippen molar-refractivity contribution >= 4 is 11.9 Å². The topological polar surface area (TPSA) is 127 Å². The van der Waals surface area contributed by atoms with E-state index in [-0.39, 0.29) is 6.42 Å². The molecule has 0 aliphatic carbocycles. The van der Waals surface area contributed by atoms with Gasteiger partial charge in [-0.05, 0) is 19.4 Å². The van der Waals surface area contributed by atoms with Crippen LogP contribution >= 0.6 is 0 Å². The number of carboxylic acids is 2. The number of carboxylic acid groups (broad SMARTS) is 2. The second kappa shape index (κ2) is 10.9. The van der Waals surface area contributed by atoms with Gasteiger partial charge in [0.1, 0.15) is 6.04 Å². The number of hydrogen-bond acceptors (Lipinski definition) is 4. The second-order valence-electron chi connectivity index (χ2n) is 3.02. The fourth-order valence-corrected chi connectivity index (χ4v) is 0.688. The quantitative estimate of drug-likeness (QED) is 0.499. The summed E-state index contributed by atoms with van der Waals surface area (Å²) < 4.78 is 0. The zero-order chi connectivity index (χ0) is 12.3. The summed E-state index contributed by atoms with van der Waals surface area (Å²) in [5.74, 6) is -1.68. The Kier molecular flexibility index (Phi) is 11.9. The molecule has 0 aliphatic heterocycles. The molecule has 0 saturated heterocycles. The summed E-state index contributed by atoms with van der Waals surface area (Å²) in [7, 11) is 0. The molecule has 0 amide bonds. The molecule has 0 heterocycles. The summed E-state index contributed by atoms with van der Waals surface area (Å²) in [4.78, 5) is 19.7. The van der Waals surface area contributed by atoms with Crippen LogP contribution in [0.1, 0.15) is 32.6 Å². The van der Waals surface area contributed by atoms with Crippen LogP contribution < -0.4 is 11.5 Å². The molecule has 6 N–H and O–H groups in total. The summed E-state index contributed by atoms with van der Waals surface area (Å²) in [5.41, 5.74) is 10.1. The summed E-state index contributed by atoms with van der Waals surface area (Å²) in [5, 5.41) is 16.2. The molecule has 0 spiro atoms. The van der Waals surface area contributed by atoms with Crippen LogP contribution in [-0.2, 0) is 9.59 Å². The van der Waals surface area contributed by atoms with Gasteiger partial charge in [0.05, 0.1) is 0 Å². The lowest BCUT2D eigenvalue weighted by Crippen LogP contribution is -2.29. The molecule has 0 fully saturated rings. The van der Waals surface area contributed by atoms with Gasteiger partial charge in [-0.2, -0.15) is 0 Å². The molecular formula is C9H20N2O4. The lowest BCUT2D eigenvalue weighted by molar-refractivity contribution is -0.139. The Morgan fingerprint density at radius 3 is 2.00 bits per heavy atom. The minimum atomic E-state index is -0.910. The number of carbonyl (C=O) groups is 2. The van der Waals surface area contributed by atoms with Gasteiger partial charge >= 0.3 is 11.9 Å². The van der Waals surface area contributed by atoms with Crippen LogP contribution in [0.4, 0.5) is 0 Å². The third-order valence-electron chi connectivity index (χ3n) is 1.51. The normalized spacial score (nSPS) is 11.1. The van der Waals surface area contributed by atoms with E-state index in [4.69, 9.17) is 21.7 Å². The molecule has 0 aromatic rings. The lowest BCUT2D eigenvalue weighted by Gasteiger charge is -2.00. The molecule has 6 heteroatoms. The van der Waals surface area contributed by atoms with Crippen molar-refractivity contribution in [1.29, 1.82) is 0 Å². The van der Waals surface area contributed by atoms with Crippen LogP contribution in [0.15, 0.2) is 0 Å². The van der Waals surface area contributed by atoms with Crippen LogP contribution in [-0.4, -0.2) is 34.7 Å².